The number of aryl methyl sites for hydroxylation is 2. The first-order valence-corrected chi connectivity index (χ1v) is 10.8. The minimum atomic E-state index is -0.575. The molecule has 3 N–H and O–H groups in total. The quantitative estimate of drug-likeness (QED) is 0.371. The van der Waals surface area contributed by atoms with Gasteiger partial charge in [-0.25, -0.2) is 0 Å². The zero-order chi connectivity index (χ0) is 21.8. The van der Waals surface area contributed by atoms with Crippen molar-refractivity contribution in [2.45, 2.75) is 26.5 Å². The third-order valence-corrected chi connectivity index (χ3v) is 5.66. The lowest BCUT2D eigenvalue weighted by Crippen LogP contribution is -2.32. The molecular formula is C27H30N2O2. The average Bonchev–Trinajstić information content (AvgIpc) is 3.09. The molecule has 0 spiro atoms. The molecule has 4 aromatic rings. The number of fused-ring (bicyclic) bond motifs is 1. The molecule has 1 heterocycles. The molecule has 1 aromatic heterocycles. The summed E-state index contributed by atoms with van der Waals surface area (Å²) in [5, 5.41) is 24.2. The zero-order valence-electron chi connectivity index (χ0n) is 18.2. The Morgan fingerprint density at radius 2 is 1.55 bits per heavy atom. The van der Waals surface area contributed by atoms with E-state index in [2.05, 4.69) is 84.4 Å². The predicted octanol–water partition coefficient (Wildman–Crippen LogP) is 4.53. The third kappa shape index (κ3) is 4.42. The average molecular weight is 415 g/mol. The Morgan fingerprint density at radius 1 is 0.903 bits per heavy atom. The highest BCUT2D eigenvalue weighted by molar-refractivity contribution is 6.06. The molecule has 0 aliphatic heterocycles. The van der Waals surface area contributed by atoms with E-state index in [1.54, 1.807) is 0 Å². The standard InChI is InChI=1S/C27H30N2O2/c1-19-15-20(2)26-24(16-19)25(21-9-5-3-6-10-21)27(22-11-7-4-8-12-22)29(26)18-23(31)17-28-13-14-30/h3-12,15-16,23,28,30-31H,13-14,17-18H2,1-2H3/t23-/m0/s1. The highest BCUT2D eigenvalue weighted by Gasteiger charge is 2.23. The van der Waals surface area contributed by atoms with Crippen molar-refractivity contribution < 1.29 is 10.2 Å². The Bertz CT molecular complexity index is 1150. The van der Waals surface area contributed by atoms with E-state index in [1.807, 2.05) is 12.1 Å². The Labute approximate surface area is 183 Å². The molecule has 4 heteroatoms. The first-order chi connectivity index (χ1) is 15.1. The summed E-state index contributed by atoms with van der Waals surface area (Å²) in [6.45, 7) is 5.71. The summed E-state index contributed by atoms with van der Waals surface area (Å²) in [5.41, 5.74) is 8.20. The van der Waals surface area contributed by atoms with Crippen LogP contribution in [0.4, 0.5) is 0 Å². The van der Waals surface area contributed by atoms with Gasteiger partial charge >= 0.3 is 0 Å². The lowest BCUT2D eigenvalue weighted by Gasteiger charge is -2.18. The van der Waals surface area contributed by atoms with Gasteiger partial charge in [-0.3, -0.25) is 0 Å². The minimum Gasteiger partial charge on any atom is -0.395 e. The molecule has 0 saturated heterocycles. The number of nitrogens with zero attached hydrogens (tertiary/aromatic N) is 1. The molecule has 1 atom stereocenters. The van der Waals surface area contributed by atoms with E-state index in [0.29, 0.717) is 19.6 Å². The van der Waals surface area contributed by atoms with Crippen LogP contribution in [0.5, 0.6) is 0 Å². The largest absolute Gasteiger partial charge is 0.395 e. The van der Waals surface area contributed by atoms with Crippen LogP contribution >= 0.6 is 0 Å². The zero-order valence-corrected chi connectivity index (χ0v) is 18.2. The van der Waals surface area contributed by atoms with Gasteiger partial charge in [0.15, 0.2) is 0 Å². The van der Waals surface area contributed by atoms with Gasteiger partial charge < -0.3 is 20.1 Å². The Balaban J connectivity index is 1.98. The van der Waals surface area contributed by atoms with Crippen molar-refractivity contribution in [3.8, 4) is 22.4 Å². The molecule has 0 radical (unpaired) electrons. The number of hydrogen-bond acceptors (Lipinski definition) is 3. The van der Waals surface area contributed by atoms with Crippen molar-refractivity contribution in [1.29, 1.82) is 0 Å². The monoisotopic (exact) mass is 414 g/mol. The molecule has 0 aliphatic rings. The summed E-state index contributed by atoms with van der Waals surface area (Å²) in [4.78, 5) is 0. The molecule has 0 saturated carbocycles. The molecule has 4 nitrogen and oxygen atoms in total. The summed E-state index contributed by atoms with van der Waals surface area (Å²) in [6.07, 6.45) is -0.575. The van der Waals surface area contributed by atoms with Gasteiger partial charge in [-0.1, -0.05) is 72.3 Å². The maximum absolute atomic E-state index is 10.8. The molecule has 160 valence electrons. The summed E-state index contributed by atoms with van der Waals surface area (Å²) in [6, 6.07) is 25.4. The number of nitrogens with one attached hydrogen (secondary N) is 1. The van der Waals surface area contributed by atoms with Crippen LogP contribution < -0.4 is 5.32 Å². The van der Waals surface area contributed by atoms with E-state index >= 15 is 0 Å². The Kier molecular flexibility index (Phi) is 6.52. The number of hydrogen-bond donors (Lipinski definition) is 3. The van der Waals surface area contributed by atoms with Crippen LogP contribution in [-0.2, 0) is 6.54 Å². The van der Waals surface area contributed by atoms with Crippen molar-refractivity contribution in [3.63, 3.8) is 0 Å². The highest BCUT2D eigenvalue weighted by Crippen LogP contribution is 2.42. The molecule has 31 heavy (non-hydrogen) atoms. The van der Waals surface area contributed by atoms with Crippen molar-refractivity contribution in [3.05, 3.63) is 83.9 Å². The van der Waals surface area contributed by atoms with Gasteiger partial charge in [0, 0.05) is 24.0 Å². The molecule has 4 rings (SSSR count). The van der Waals surface area contributed by atoms with Gasteiger partial charge in [0.25, 0.3) is 0 Å². The number of benzene rings is 3. The number of aromatic nitrogens is 1. The first-order valence-electron chi connectivity index (χ1n) is 10.8. The van der Waals surface area contributed by atoms with E-state index in [-0.39, 0.29) is 6.61 Å². The smallest absolute Gasteiger partial charge is 0.0843 e. The lowest BCUT2D eigenvalue weighted by molar-refractivity contribution is 0.150. The van der Waals surface area contributed by atoms with Crippen LogP contribution in [0, 0.1) is 13.8 Å². The van der Waals surface area contributed by atoms with E-state index in [0.717, 1.165) is 16.8 Å². The van der Waals surface area contributed by atoms with Crippen molar-refractivity contribution in [2.24, 2.45) is 0 Å². The van der Waals surface area contributed by atoms with Crippen LogP contribution in [0.25, 0.3) is 33.3 Å². The van der Waals surface area contributed by atoms with Crippen molar-refractivity contribution in [2.75, 3.05) is 19.7 Å². The van der Waals surface area contributed by atoms with Gasteiger partial charge in [0.1, 0.15) is 0 Å². The van der Waals surface area contributed by atoms with Crippen molar-refractivity contribution >= 4 is 10.9 Å². The van der Waals surface area contributed by atoms with E-state index in [9.17, 15) is 5.11 Å². The molecule has 0 fully saturated rings. The van der Waals surface area contributed by atoms with E-state index in [4.69, 9.17) is 5.11 Å². The molecular weight excluding hydrogens is 384 g/mol. The van der Waals surface area contributed by atoms with Gasteiger partial charge in [-0.15, -0.1) is 0 Å². The molecule has 0 unspecified atom stereocenters. The summed E-state index contributed by atoms with van der Waals surface area (Å²) in [7, 11) is 0. The van der Waals surface area contributed by atoms with Gasteiger partial charge in [-0.05, 0) is 36.6 Å². The fraction of sp³-hybridized carbons (Fsp3) is 0.259. The fourth-order valence-corrected chi connectivity index (χ4v) is 4.48. The Hall–Kier alpha value is -2.92. The van der Waals surface area contributed by atoms with Gasteiger partial charge in [0.05, 0.1) is 30.5 Å². The van der Waals surface area contributed by atoms with Crippen LogP contribution in [-0.4, -0.2) is 40.6 Å². The summed E-state index contributed by atoms with van der Waals surface area (Å²) >= 11 is 0. The predicted molar refractivity (Wildman–Crippen MR) is 128 cm³/mol. The second kappa shape index (κ2) is 9.48. The van der Waals surface area contributed by atoms with Crippen LogP contribution in [0.15, 0.2) is 72.8 Å². The third-order valence-electron chi connectivity index (χ3n) is 5.66. The van der Waals surface area contributed by atoms with Gasteiger partial charge in [0.2, 0.25) is 0 Å². The number of rotatable bonds is 8. The minimum absolute atomic E-state index is 0.0605. The molecule has 0 aliphatic carbocycles. The lowest BCUT2D eigenvalue weighted by atomic mass is 9.97. The van der Waals surface area contributed by atoms with E-state index < -0.39 is 6.10 Å². The summed E-state index contributed by atoms with van der Waals surface area (Å²) in [5.74, 6) is 0. The van der Waals surface area contributed by atoms with E-state index in [1.165, 1.54) is 27.6 Å². The molecule has 0 amide bonds. The second-order valence-electron chi connectivity index (χ2n) is 8.13. The number of aliphatic hydroxyl groups excluding tert-OH is 2. The van der Waals surface area contributed by atoms with Crippen LogP contribution in [0.3, 0.4) is 0 Å². The van der Waals surface area contributed by atoms with Gasteiger partial charge in [-0.2, -0.15) is 0 Å². The molecule has 0 bridgehead atoms. The summed E-state index contributed by atoms with van der Waals surface area (Å²) < 4.78 is 2.27. The second-order valence-corrected chi connectivity index (χ2v) is 8.13. The normalized spacial score (nSPS) is 12.4. The Morgan fingerprint density at radius 3 is 2.19 bits per heavy atom. The molecule has 3 aromatic carbocycles. The number of aliphatic hydroxyl groups is 2. The van der Waals surface area contributed by atoms with Crippen LogP contribution in [0.1, 0.15) is 11.1 Å². The maximum atomic E-state index is 10.8. The van der Waals surface area contributed by atoms with Crippen LogP contribution in [0.2, 0.25) is 0 Å². The fourth-order valence-electron chi connectivity index (χ4n) is 4.48. The van der Waals surface area contributed by atoms with Crippen molar-refractivity contribution in [1.82, 2.24) is 9.88 Å². The SMILES string of the molecule is Cc1cc(C)c2c(c1)c(-c1ccccc1)c(-c1ccccc1)n2C[C@@H](O)CNCCO. The topological polar surface area (TPSA) is 57.4 Å². The first kappa shape index (κ1) is 21.3. The maximum Gasteiger partial charge on any atom is 0.0843 e. The highest BCUT2D eigenvalue weighted by atomic mass is 16.3.